The maximum atomic E-state index is 12.0. The maximum Gasteiger partial charge on any atom is 0.293 e. The highest BCUT2D eigenvalue weighted by Crippen LogP contribution is 2.25. The highest BCUT2D eigenvalue weighted by Gasteiger charge is 2.15. The molecule has 0 saturated carbocycles. The Hall–Kier alpha value is -2.93. The monoisotopic (exact) mass is 347 g/mol. The molecular weight excluding hydrogens is 334 g/mol. The van der Waals surface area contributed by atoms with Gasteiger partial charge in [-0.2, -0.15) is 0 Å². The number of nitro benzene ring substituents is 1. The molecule has 0 heterocycles. The average Bonchev–Trinajstić information content (AvgIpc) is 2.57. The summed E-state index contributed by atoms with van der Waals surface area (Å²) in [6, 6.07) is 9.10. The third-order valence-corrected chi connectivity index (χ3v) is 3.75. The Morgan fingerprint density at radius 2 is 2.04 bits per heavy atom. The van der Waals surface area contributed by atoms with E-state index in [1.807, 2.05) is 0 Å². The third kappa shape index (κ3) is 4.08. The van der Waals surface area contributed by atoms with Crippen molar-refractivity contribution in [3.8, 4) is 0 Å². The highest BCUT2D eigenvalue weighted by atomic mass is 35.5. The lowest BCUT2D eigenvalue weighted by atomic mass is 10.2. The first kappa shape index (κ1) is 17.4. The van der Waals surface area contributed by atoms with Gasteiger partial charge in [0, 0.05) is 22.3 Å². The molecule has 0 spiro atoms. The van der Waals surface area contributed by atoms with Crippen molar-refractivity contribution < 1.29 is 14.5 Å². The number of nitrogens with zero attached hydrogens (tertiary/aromatic N) is 1. The van der Waals surface area contributed by atoms with Crippen LogP contribution in [0.2, 0.25) is 5.02 Å². The summed E-state index contributed by atoms with van der Waals surface area (Å²) in [6.07, 6.45) is 0.519. The van der Waals surface area contributed by atoms with E-state index in [0.29, 0.717) is 17.0 Å². The van der Waals surface area contributed by atoms with Gasteiger partial charge in [0.25, 0.3) is 5.69 Å². The molecule has 8 heteroatoms. The first-order valence-electron chi connectivity index (χ1n) is 6.95. The normalized spacial score (nSPS) is 10.1. The minimum Gasteiger partial charge on any atom is -0.371 e. The number of rotatable bonds is 6. The van der Waals surface area contributed by atoms with E-state index in [-0.39, 0.29) is 29.4 Å². The standard InChI is InChI=1S/C16H14ClN3O4/c1-10-12(17)3-2-4-13(10)19-16(22)8-18-14-6-5-11(9-21)7-15(14)20(23)24/h2-7,9,18H,8H2,1H3,(H,19,22). The van der Waals surface area contributed by atoms with Crippen LogP contribution < -0.4 is 10.6 Å². The van der Waals surface area contributed by atoms with Crippen molar-refractivity contribution in [1.82, 2.24) is 0 Å². The van der Waals surface area contributed by atoms with Crippen molar-refractivity contribution in [2.75, 3.05) is 17.2 Å². The van der Waals surface area contributed by atoms with Gasteiger partial charge in [0.2, 0.25) is 5.91 Å². The molecule has 0 aliphatic carbocycles. The van der Waals surface area contributed by atoms with Gasteiger partial charge in [-0.05, 0) is 36.8 Å². The SMILES string of the molecule is Cc1c(Cl)cccc1NC(=O)CNc1ccc(C=O)cc1[N+](=O)[O-]. The van der Waals surface area contributed by atoms with Gasteiger partial charge in [0.15, 0.2) is 0 Å². The molecular formula is C16H14ClN3O4. The molecule has 124 valence electrons. The second kappa shape index (κ2) is 7.56. The van der Waals surface area contributed by atoms with Gasteiger partial charge in [0.1, 0.15) is 12.0 Å². The zero-order valence-corrected chi connectivity index (χ0v) is 13.5. The molecule has 0 fully saturated rings. The lowest BCUT2D eigenvalue weighted by Crippen LogP contribution is -2.22. The van der Waals surface area contributed by atoms with Crippen LogP contribution >= 0.6 is 11.6 Å². The van der Waals surface area contributed by atoms with Crippen molar-refractivity contribution >= 4 is 40.9 Å². The summed E-state index contributed by atoms with van der Waals surface area (Å²) in [7, 11) is 0. The van der Waals surface area contributed by atoms with Crippen molar-refractivity contribution in [3.05, 3.63) is 62.7 Å². The minimum atomic E-state index is -0.617. The second-order valence-electron chi connectivity index (χ2n) is 4.97. The summed E-state index contributed by atoms with van der Waals surface area (Å²) in [5, 5.41) is 16.9. The van der Waals surface area contributed by atoms with Crippen LogP contribution in [0, 0.1) is 17.0 Å². The zero-order chi connectivity index (χ0) is 17.7. The number of aldehydes is 1. The van der Waals surface area contributed by atoms with Crippen LogP contribution in [-0.2, 0) is 4.79 Å². The summed E-state index contributed by atoms with van der Waals surface area (Å²) in [5.41, 5.74) is 1.37. The highest BCUT2D eigenvalue weighted by molar-refractivity contribution is 6.31. The van der Waals surface area contributed by atoms with E-state index in [0.717, 1.165) is 11.6 Å². The summed E-state index contributed by atoms with van der Waals surface area (Å²) in [6.45, 7) is 1.60. The van der Waals surface area contributed by atoms with Crippen LogP contribution in [0.15, 0.2) is 36.4 Å². The molecule has 0 unspecified atom stereocenters. The van der Waals surface area contributed by atoms with E-state index < -0.39 is 4.92 Å². The average molecular weight is 348 g/mol. The molecule has 24 heavy (non-hydrogen) atoms. The number of amides is 1. The summed E-state index contributed by atoms with van der Waals surface area (Å²) in [4.78, 5) is 33.1. The molecule has 1 amide bonds. The lowest BCUT2D eigenvalue weighted by Gasteiger charge is -2.11. The topological polar surface area (TPSA) is 101 Å². The van der Waals surface area contributed by atoms with E-state index >= 15 is 0 Å². The van der Waals surface area contributed by atoms with Crippen LogP contribution in [0.3, 0.4) is 0 Å². The van der Waals surface area contributed by atoms with Gasteiger partial charge in [0.05, 0.1) is 11.5 Å². The molecule has 2 aromatic rings. The fourth-order valence-electron chi connectivity index (χ4n) is 2.04. The number of nitro groups is 1. The van der Waals surface area contributed by atoms with E-state index in [1.165, 1.54) is 12.1 Å². The number of carbonyl (C=O) groups is 2. The Morgan fingerprint density at radius 1 is 1.29 bits per heavy atom. The molecule has 2 N–H and O–H groups in total. The Balaban J connectivity index is 2.08. The lowest BCUT2D eigenvalue weighted by molar-refractivity contribution is -0.384. The number of benzene rings is 2. The number of carbonyl (C=O) groups excluding carboxylic acids is 2. The third-order valence-electron chi connectivity index (χ3n) is 3.34. The molecule has 0 aliphatic heterocycles. The number of hydrogen-bond acceptors (Lipinski definition) is 5. The second-order valence-corrected chi connectivity index (χ2v) is 5.37. The molecule has 0 bridgehead atoms. The van der Waals surface area contributed by atoms with E-state index in [9.17, 15) is 19.7 Å². The molecule has 2 rings (SSSR count). The smallest absolute Gasteiger partial charge is 0.293 e. The molecule has 7 nitrogen and oxygen atoms in total. The number of halogens is 1. The molecule has 0 atom stereocenters. The van der Waals surface area contributed by atoms with Crippen LogP contribution in [0.5, 0.6) is 0 Å². The van der Waals surface area contributed by atoms with Gasteiger partial charge in [-0.3, -0.25) is 19.7 Å². The van der Waals surface area contributed by atoms with Crippen molar-refractivity contribution in [1.29, 1.82) is 0 Å². The van der Waals surface area contributed by atoms with Gasteiger partial charge < -0.3 is 10.6 Å². The largest absolute Gasteiger partial charge is 0.371 e. The molecule has 0 radical (unpaired) electrons. The first-order chi connectivity index (χ1) is 11.4. The number of anilines is 2. The number of nitrogens with one attached hydrogen (secondary N) is 2. The Bertz CT molecular complexity index is 808. The van der Waals surface area contributed by atoms with Gasteiger partial charge in [-0.15, -0.1) is 0 Å². The Kier molecular flexibility index (Phi) is 5.49. The summed E-state index contributed by atoms with van der Waals surface area (Å²) < 4.78 is 0. The predicted octanol–water partition coefficient (Wildman–Crippen LogP) is 3.42. The number of hydrogen-bond donors (Lipinski definition) is 2. The fraction of sp³-hybridized carbons (Fsp3) is 0.125. The summed E-state index contributed by atoms with van der Waals surface area (Å²) in [5.74, 6) is -0.380. The van der Waals surface area contributed by atoms with Gasteiger partial charge in [-0.25, -0.2) is 0 Å². The van der Waals surface area contributed by atoms with Crippen molar-refractivity contribution in [2.45, 2.75) is 6.92 Å². The Labute approximate surface area is 142 Å². The Morgan fingerprint density at radius 3 is 2.71 bits per heavy atom. The molecule has 0 aliphatic rings. The van der Waals surface area contributed by atoms with E-state index in [1.54, 1.807) is 25.1 Å². The zero-order valence-electron chi connectivity index (χ0n) is 12.7. The van der Waals surface area contributed by atoms with Gasteiger partial charge >= 0.3 is 0 Å². The molecule has 2 aromatic carbocycles. The van der Waals surface area contributed by atoms with Crippen molar-refractivity contribution in [3.63, 3.8) is 0 Å². The minimum absolute atomic E-state index is 0.156. The first-order valence-corrected chi connectivity index (χ1v) is 7.32. The van der Waals surface area contributed by atoms with Gasteiger partial charge in [-0.1, -0.05) is 17.7 Å². The van der Waals surface area contributed by atoms with E-state index in [4.69, 9.17) is 11.6 Å². The van der Waals surface area contributed by atoms with Crippen molar-refractivity contribution in [2.24, 2.45) is 0 Å². The van der Waals surface area contributed by atoms with Crippen LogP contribution in [0.25, 0.3) is 0 Å². The predicted molar refractivity (Wildman–Crippen MR) is 91.8 cm³/mol. The van der Waals surface area contributed by atoms with Crippen LogP contribution in [0.4, 0.5) is 17.1 Å². The molecule has 0 saturated heterocycles. The van der Waals surface area contributed by atoms with Crippen LogP contribution in [0.1, 0.15) is 15.9 Å². The van der Waals surface area contributed by atoms with Crippen LogP contribution in [-0.4, -0.2) is 23.7 Å². The summed E-state index contributed by atoms with van der Waals surface area (Å²) >= 11 is 5.98. The molecule has 0 aromatic heterocycles. The fourth-order valence-corrected chi connectivity index (χ4v) is 2.21. The maximum absolute atomic E-state index is 12.0. The van der Waals surface area contributed by atoms with E-state index in [2.05, 4.69) is 10.6 Å². The quantitative estimate of drug-likeness (QED) is 0.473.